The first-order valence-corrected chi connectivity index (χ1v) is 10.8. The van der Waals surface area contributed by atoms with Gasteiger partial charge in [0.25, 0.3) is 10.0 Å². The molecule has 2 rings (SSSR count). The normalized spacial score (nSPS) is 13.6. The second-order valence-corrected chi connectivity index (χ2v) is 8.42. The number of hydrogen-bond donors (Lipinski definition) is 3. The minimum atomic E-state index is -4.92. The van der Waals surface area contributed by atoms with Gasteiger partial charge in [0.1, 0.15) is 11.3 Å². The van der Waals surface area contributed by atoms with Gasteiger partial charge in [0.15, 0.2) is 0 Å². The summed E-state index contributed by atoms with van der Waals surface area (Å²) < 4.78 is 104. The third-order valence-corrected chi connectivity index (χ3v) is 5.80. The van der Waals surface area contributed by atoms with E-state index in [-0.39, 0.29) is 22.7 Å². The monoisotopic (exact) mass is 504 g/mol. The van der Waals surface area contributed by atoms with Crippen LogP contribution in [0.25, 0.3) is 0 Å². The maximum Gasteiger partial charge on any atom is 0.427 e. The summed E-state index contributed by atoms with van der Waals surface area (Å²) in [5.41, 5.74) is -2.70. The highest BCUT2D eigenvalue weighted by Crippen LogP contribution is 2.32. The van der Waals surface area contributed by atoms with Crippen molar-refractivity contribution in [1.29, 1.82) is 0 Å². The fourth-order valence-electron chi connectivity index (χ4n) is 2.69. The van der Waals surface area contributed by atoms with E-state index >= 15 is 0 Å². The third-order valence-electron chi connectivity index (χ3n) is 4.41. The molecule has 3 N–H and O–H groups in total. The van der Waals surface area contributed by atoms with Crippen LogP contribution in [0.15, 0.2) is 76.4 Å². The molecule has 12 heteroatoms. The van der Waals surface area contributed by atoms with E-state index < -0.39 is 39.3 Å². The van der Waals surface area contributed by atoms with Gasteiger partial charge in [0, 0.05) is 23.5 Å². The molecule has 0 amide bonds. The largest absolute Gasteiger partial charge is 0.506 e. The number of rotatable bonds is 7. The Morgan fingerprint density at radius 3 is 2.18 bits per heavy atom. The van der Waals surface area contributed by atoms with Gasteiger partial charge in [-0.05, 0) is 49.4 Å². The Hall–Kier alpha value is -3.59. The first-order valence-electron chi connectivity index (χ1n) is 9.35. The third kappa shape index (κ3) is 6.71. The van der Waals surface area contributed by atoms with E-state index in [0.29, 0.717) is 11.8 Å². The fraction of sp³-hybridized carbons (Fsp3) is 0.182. The second kappa shape index (κ2) is 10.1. The van der Waals surface area contributed by atoms with E-state index in [0.717, 1.165) is 30.3 Å². The molecule has 2 aromatic carbocycles. The van der Waals surface area contributed by atoms with Crippen molar-refractivity contribution in [3.8, 4) is 12.3 Å². The first-order chi connectivity index (χ1) is 15.7. The number of allylic oxidation sites excluding steroid dienone is 2. The van der Waals surface area contributed by atoms with Crippen molar-refractivity contribution in [2.45, 2.75) is 24.2 Å². The summed E-state index contributed by atoms with van der Waals surface area (Å²) in [5, 5.41) is 12.6. The summed E-state index contributed by atoms with van der Waals surface area (Å²) in [7, 11) is -4.22. The molecule has 2 aromatic rings. The van der Waals surface area contributed by atoms with Gasteiger partial charge in [-0.3, -0.25) is 4.72 Å². The molecule has 0 heterocycles. The van der Waals surface area contributed by atoms with Gasteiger partial charge in [-0.15, -0.1) is 6.42 Å². The molecule has 0 saturated heterocycles. The van der Waals surface area contributed by atoms with Crippen LogP contribution in [0.1, 0.15) is 12.5 Å². The quantitative estimate of drug-likeness (QED) is 0.191. The zero-order valence-electron chi connectivity index (χ0n) is 17.4. The van der Waals surface area contributed by atoms with Crippen LogP contribution in [0, 0.1) is 12.3 Å². The van der Waals surface area contributed by atoms with E-state index in [9.17, 15) is 39.9 Å². The van der Waals surface area contributed by atoms with E-state index in [1.165, 1.54) is 31.1 Å². The molecule has 0 aliphatic carbocycles. The number of halogens is 6. The van der Waals surface area contributed by atoms with Crippen molar-refractivity contribution in [2.75, 3.05) is 16.6 Å². The topological polar surface area (TPSA) is 78.4 Å². The number of alkyl halides is 6. The zero-order valence-corrected chi connectivity index (χ0v) is 18.2. The molecule has 5 nitrogen and oxygen atoms in total. The maximum absolute atomic E-state index is 12.9. The van der Waals surface area contributed by atoms with Crippen LogP contribution in [0.3, 0.4) is 0 Å². The summed E-state index contributed by atoms with van der Waals surface area (Å²) in [6.45, 7) is 1.13. The van der Waals surface area contributed by atoms with Crippen molar-refractivity contribution >= 4 is 21.4 Å². The summed E-state index contributed by atoms with van der Waals surface area (Å²) in [6.07, 6.45) is -3.50. The Morgan fingerprint density at radius 2 is 1.68 bits per heavy atom. The summed E-state index contributed by atoms with van der Waals surface area (Å²) in [4.78, 5) is -0.267. The summed E-state index contributed by atoms with van der Waals surface area (Å²) in [5.74, 6) is 0.294. The number of aliphatic hydroxyl groups is 1. The lowest BCUT2D eigenvalue weighted by atomic mass is 10.1. The molecule has 0 atom stereocenters. The summed E-state index contributed by atoms with van der Waals surface area (Å²) in [6, 6.07) is 8.54. The average Bonchev–Trinajstić information content (AvgIpc) is 2.73. The van der Waals surface area contributed by atoms with Gasteiger partial charge in [0.05, 0.1) is 10.5 Å². The average molecular weight is 504 g/mol. The van der Waals surface area contributed by atoms with Crippen molar-refractivity contribution in [3.05, 3.63) is 77.1 Å². The predicted molar refractivity (Wildman–Crippen MR) is 115 cm³/mol. The standard InChI is InChI=1S/C22H18F6N2O3S/c1-3-14(20(31)19(4-2)22(26,27)28)13-29-16-8-10-18(11-9-16)34(32,33)30-17-7-5-6-15(12-17)21(23,24)25/h2-3,5-12,29-31H,13H2,1H3/b14-3-,20-19-. The fourth-order valence-corrected chi connectivity index (χ4v) is 3.74. The van der Waals surface area contributed by atoms with Crippen LogP contribution in [0.2, 0.25) is 0 Å². The highest BCUT2D eigenvalue weighted by atomic mass is 32.2. The molecule has 182 valence electrons. The lowest BCUT2D eigenvalue weighted by Gasteiger charge is -2.14. The van der Waals surface area contributed by atoms with Gasteiger partial charge in [-0.2, -0.15) is 26.3 Å². The minimum Gasteiger partial charge on any atom is -0.506 e. The molecule has 0 unspecified atom stereocenters. The number of hydrogen-bond acceptors (Lipinski definition) is 4. The Kier molecular flexibility index (Phi) is 7.94. The molecule has 0 spiro atoms. The van der Waals surface area contributed by atoms with Crippen LogP contribution in [-0.4, -0.2) is 26.2 Å². The minimum absolute atomic E-state index is 0.145. The van der Waals surface area contributed by atoms with Gasteiger partial charge in [0.2, 0.25) is 0 Å². The SMILES string of the molecule is C#C/C(=C(O)\C(=C/C)CNc1ccc(S(=O)(=O)Nc2cccc(C(F)(F)F)c2)cc1)C(F)(F)F. The van der Waals surface area contributed by atoms with Crippen LogP contribution in [0.5, 0.6) is 0 Å². The Bertz CT molecular complexity index is 1240. The van der Waals surface area contributed by atoms with E-state index in [1.807, 2.05) is 0 Å². The number of benzene rings is 2. The Labute approximate surface area is 191 Å². The molecule has 0 aliphatic rings. The van der Waals surface area contributed by atoms with E-state index in [4.69, 9.17) is 6.42 Å². The van der Waals surface area contributed by atoms with Crippen molar-refractivity contribution < 1.29 is 39.9 Å². The molecule has 0 bridgehead atoms. The maximum atomic E-state index is 12.9. The van der Waals surface area contributed by atoms with Crippen LogP contribution in [0.4, 0.5) is 37.7 Å². The van der Waals surface area contributed by atoms with Crippen LogP contribution < -0.4 is 10.0 Å². The second-order valence-electron chi connectivity index (χ2n) is 6.74. The van der Waals surface area contributed by atoms with Crippen LogP contribution >= 0.6 is 0 Å². The highest BCUT2D eigenvalue weighted by molar-refractivity contribution is 7.92. The smallest absolute Gasteiger partial charge is 0.427 e. The first kappa shape index (κ1) is 26.7. The number of nitrogens with one attached hydrogen (secondary N) is 2. The molecular formula is C22H18F6N2O3S. The summed E-state index contributed by atoms with van der Waals surface area (Å²) >= 11 is 0. The van der Waals surface area contributed by atoms with Crippen molar-refractivity contribution in [3.63, 3.8) is 0 Å². The molecule has 0 aliphatic heterocycles. The number of anilines is 2. The predicted octanol–water partition coefficient (Wildman–Crippen LogP) is 5.87. The molecule has 0 radical (unpaired) electrons. The number of sulfonamides is 1. The zero-order chi connectivity index (χ0) is 25.7. The van der Waals surface area contributed by atoms with E-state index in [1.54, 1.807) is 0 Å². The molecule has 34 heavy (non-hydrogen) atoms. The Balaban J connectivity index is 2.16. The van der Waals surface area contributed by atoms with Gasteiger partial charge < -0.3 is 10.4 Å². The van der Waals surface area contributed by atoms with Gasteiger partial charge in [-0.25, -0.2) is 8.42 Å². The lowest BCUT2D eigenvalue weighted by Crippen LogP contribution is -2.16. The number of terminal acetylenes is 1. The van der Waals surface area contributed by atoms with E-state index in [2.05, 4.69) is 10.0 Å². The number of aliphatic hydroxyl groups excluding tert-OH is 1. The highest BCUT2D eigenvalue weighted by Gasteiger charge is 2.36. The van der Waals surface area contributed by atoms with Gasteiger partial charge >= 0.3 is 12.4 Å². The Morgan fingerprint density at radius 1 is 1.06 bits per heavy atom. The van der Waals surface area contributed by atoms with Crippen LogP contribution in [-0.2, 0) is 16.2 Å². The molecular weight excluding hydrogens is 486 g/mol. The van der Waals surface area contributed by atoms with Gasteiger partial charge in [-0.1, -0.05) is 18.1 Å². The van der Waals surface area contributed by atoms with Crippen molar-refractivity contribution in [2.24, 2.45) is 0 Å². The lowest BCUT2D eigenvalue weighted by molar-refractivity contribution is -0.137. The molecule has 0 saturated carbocycles. The molecule has 0 aromatic heterocycles. The van der Waals surface area contributed by atoms with Crippen molar-refractivity contribution in [1.82, 2.24) is 0 Å². The molecule has 0 fully saturated rings.